The molecule has 4 rings (SSSR count). The first-order valence-electron chi connectivity index (χ1n) is 11.1. The van der Waals surface area contributed by atoms with Crippen LogP contribution in [0.1, 0.15) is 33.0 Å². The van der Waals surface area contributed by atoms with Gasteiger partial charge in [-0.3, -0.25) is 9.69 Å². The molecule has 1 amide bonds. The van der Waals surface area contributed by atoms with Crippen LogP contribution >= 0.6 is 0 Å². The van der Waals surface area contributed by atoms with Crippen molar-refractivity contribution >= 4 is 5.91 Å². The second-order valence-corrected chi connectivity index (χ2v) is 8.01. The zero-order chi connectivity index (χ0) is 22.9. The molecule has 0 saturated heterocycles. The van der Waals surface area contributed by atoms with E-state index in [0.717, 1.165) is 12.0 Å². The first-order chi connectivity index (χ1) is 16.2. The zero-order valence-corrected chi connectivity index (χ0v) is 18.4. The van der Waals surface area contributed by atoms with Crippen LogP contribution in [-0.4, -0.2) is 17.4 Å². The number of nitrogens with zero attached hydrogens (tertiary/aromatic N) is 1. The molecule has 0 unspecified atom stereocenters. The van der Waals surface area contributed by atoms with Gasteiger partial charge in [0.15, 0.2) is 5.76 Å². The molecule has 0 atom stereocenters. The second kappa shape index (κ2) is 11.2. The van der Waals surface area contributed by atoms with Crippen molar-refractivity contribution in [3.8, 4) is 0 Å². The van der Waals surface area contributed by atoms with Crippen LogP contribution < -0.4 is 5.32 Å². The molecule has 33 heavy (non-hydrogen) atoms. The molecule has 1 heterocycles. The summed E-state index contributed by atoms with van der Waals surface area (Å²) in [6, 6.07) is 30.3. The third kappa shape index (κ3) is 6.89. The van der Waals surface area contributed by atoms with E-state index < -0.39 is 0 Å². The van der Waals surface area contributed by atoms with Crippen molar-refractivity contribution in [2.45, 2.75) is 26.1 Å². The molecule has 1 aromatic heterocycles. The van der Waals surface area contributed by atoms with Gasteiger partial charge in [0.2, 0.25) is 0 Å². The number of furan rings is 1. The lowest BCUT2D eigenvalue weighted by atomic mass is 10.1. The molecule has 0 aliphatic heterocycles. The summed E-state index contributed by atoms with van der Waals surface area (Å²) < 4.78 is 19.2. The summed E-state index contributed by atoms with van der Waals surface area (Å²) in [6.07, 6.45) is 0.767. The average molecular weight is 443 g/mol. The van der Waals surface area contributed by atoms with Crippen molar-refractivity contribution in [2.75, 3.05) is 6.54 Å². The van der Waals surface area contributed by atoms with Crippen LogP contribution in [0.25, 0.3) is 0 Å². The van der Waals surface area contributed by atoms with Crippen LogP contribution in [0.15, 0.2) is 101 Å². The van der Waals surface area contributed by atoms with Crippen molar-refractivity contribution < 1.29 is 13.6 Å². The molecule has 0 radical (unpaired) electrons. The molecular weight excluding hydrogens is 415 g/mol. The number of carbonyl (C=O) groups is 1. The number of benzene rings is 3. The molecule has 0 saturated carbocycles. The number of hydrogen-bond acceptors (Lipinski definition) is 3. The molecule has 0 aliphatic rings. The lowest BCUT2D eigenvalue weighted by Gasteiger charge is -2.21. The number of amides is 1. The predicted octanol–water partition coefficient (Wildman–Crippen LogP) is 5.59. The van der Waals surface area contributed by atoms with Gasteiger partial charge in [0.25, 0.3) is 5.91 Å². The van der Waals surface area contributed by atoms with E-state index >= 15 is 0 Å². The molecule has 168 valence electrons. The van der Waals surface area contributed by atoms with E-state index in [1.807, 2.05) is 54.6 Å². The molecule has 0 aliphatic carbocycles. The maximum Gasteiger partial charge on any atom is 0.287 e. The number of rotatable bonds is 10. The fourth-order valence-corrected chi connectivity index (χ4v) is 3.71. The Morgan fingerprint density at radius 2 is 1.33 bits per heavy atom. The van der Waals surface area contributed by atoms with Crippen LogP contribution in [0, 0.1) is 5.82 Å². The summed E-state index contributed by atoms with van der Waals surface area (Å²) in [7, 11) is 0. The first kappa shape index (κ1) is 22.5. The van der Waals surface area contributed by atoms with Gasteiger partial charge in [0, 0.05) is 19.6 Å². The van der Waals surface area contributed by atoms with Crippen molar-refractivity contribution in [1.82, 2.24) is 10.2 Å². The highest BCUT2D eigenvalue weighted by molar-refractivity contribution is 5.91. The van der Waals surface area contributed by atoms with Crippen LogP contribution in [0.4, 0.5) is 4.39 Å². The molecule has 4 nitrogen and oxygen atoms in total. The molecule has 0 bridgehead atoms. The highest BCUT2D eigenvalue weighted by atomic mass is 19.1. The highest BCUT2D eigenvalue weighted by Crippen LogP contribution is 2.17. The van der Waals surface area contributed by atoms with Gasteiger partial charge in [0.05, 0.1) is 6.54 Å². The Morgan fingerprint density at radius 3 is 2.00 bits per heavy atom. The molecular formula is C28H27FN2O2. The fraction of sp³-hybridized carbons (Fsp3) is 0.179. The molecule has 3 aromatic carbocycles. The van der Waals surface area contributed by atoms with Gasteiger partial charge in [-0.2, -0.15) is 0 Å². The third-order valence-electron chi connectivity index (χ3n) is 5.38. The summed E-state index contributed by atoms with van der Waals surface area (Å²) in [5.74, 6) is 0.549. The monoisotopic (exact) mass is 442 g/mol. The summed E-state index contributed by atoms with van der Waals surface area (Å²) in [4.78, 5) is 14.7. The predicted molar refractivity (Wildman–Crippen MR) is 127 cm³/mol. The lowest BCUT2D eigenvalue weighted by molar-refractivity contribution is 0.0922. The maximum atomic E-state index is 13.3. The van der Waals surface area contributed by atoms with Gasteiger partial charge in [-0.05, 0) is 47.4 Å². The fourth-order valence-electron chi connectivity index (χ4n) is 3.71. The van der Waals surface area contributed by atoms with Crippen LogP contribution in [0.5, 0.6) is 0 Å². The Balaban J connectivity index is 1.38. The standard InChI is InChI=1S/C28H27FN2O2/c29-25-13-11-24(12-14-25)20-31(19-23-9-5-2-6-10-23)21-26-15-16-27(33-26)28(32)30-18-17-22-7-3-1-4-8-22/h1-16H,17-21H2,(H,30,32). The number of hydrogen-bond donors (Lipinski definition) is 1. The van der Waals surface area contributed by atoms with Crippen molar-refractivity contribution in [2.24, 2.45) is 0 Å². The van der Waals surface area contributed by atoms with Gasteiger partial charge in [-0.1, -0.05) is 72.8 Å². The largest absolute Gasteiger partial charge is 0.455 e. The van der Waals surface area contributed by atoms with E-state index in [2.05, 4.69) is 22.3 Å². The quantitative estimate of drug-likeness (QED) is 0.348. The van der Waals surface area contributed by atoms with Crippen molar-refractivity contribution in [3.05, 3.63) is 131 Å². The normalized spacial score (nSPS) is 11.0. The molecule has 0 spiro atoms. The van der Waals surface area contributed by atoms with E-state index in [4.69, 9.17) is 4.42 Å². The van der Waals surface area contributed by atoms with E-state index in [0.29, 0.717) is 37.7 Å². The lowest BCUT2D eigenvalue weighted by Crippen LogP contribution is -2.25. The van der Waals surface area contributed by atoms with Gasteiger partial charge in [-0.25, -0.2) is 4.39 Å². The molecule has 4 aromatic rings. The maximum absolute atomic E-state index is 13.3. The number of carbonyl (C=O) groups excluding carboxylic acids is 1. The molecule has 0 fully saturated rings. The van der Waals surface area contributed by atoms with E-state index in [1.54, 1.807) is 18.2 Å². The Labute approximate surface area is 193 Å². The van der Waals surface area contributed by atoms with Crippen molar-refractivity contribution in [1.29, 1.82) is 0 Å². The van der Waals surface area contributed by atoms with E-state index in [-0.39, 0.29) is 11.7 Å². The Hall–Kier alpha value is -3.70. The van der Waals surface area contributed by atoms with Gasteiger partial charge < -0.3 is 9.73 Å². The number of nitrogens with one attached hydrogen (secondary N) is 1. The summed E-state index contributed by atoms with van der Waals surface area (Å²) >= 11 is 0. The van der Waals surface area contributed by atoms with Gasteiger partial charge >= 0.3 is 0 Å². The first-order valence-corrected chi connectivity index (χ1v) is 11.1. The topological polar surface area (TPSA) is 45.5 Å². The summed E-state index contributed by atoms with van der Waals surface area (Å²) in [5, 5.41) is 2.92. The number of halogens is 1. The summed E-state index contributed by atoms with van der Waals surface area (Å²) in [6.45, 7) is 2.42. The Kier molecular flexibility index (Phi) is 7.67. The average Bonchev–Trinajstić information content (AvgIpc) is 3.30. The third-order valence-corrected chi connectivity index (χ3v) is 5.38. The second-order valence-electron chi connectivity index (χ2n) is 8.01. The molecule has 1 N–H and O–H groups in total. The van der Waals surface area contributed by atoms with Crippen LogP contribution in [0.3, 0.4) is 0 Å². The van der Waals surface area contributed by atoms with Crippen molar-refractivity contribution in [3.63, 3.8) is 0 Å². The zero-order valence-electron chi connectivity index (χ0n) is 18.4. The smallest absolute Gasteiger partial charge is 0.287 e. The highest BCUT2D eigenvalue weighted by Gasteiger charge is 2.14. The van der Waals surface area contributed by atoms with Gasteiger partial charge in [0.1, 0.15) is 11.6 Å². The van der Waals surface area contributed by atoms with Crippen LogP contribution in [-0.2, 0) is 26.1 Å². The minimum Gasteiger partial charge on any atom is -0.455 e. The molecule has 5 heteroatoms. The van der Waals surface area contributed by atoms with E-state index in [1.165, 1.54) is 23.3 Å². The Morgan fingerprint density at radius 1 is 0.727 bits per heavy atom. The van der Waals surface area contributed by atoms with E-state index in [9.17, 15) is 9.18 Å². The van der Waals surface area contributed by atoms with Gasteiger partial charge in [-0.15, -0.1) is 0 Å². The SMILES string of the molecule is O=C(NCCc1ccccc1)c1ccc(CN(Cc2ccccc2)Cc2ccc(F)cc2)o1. The summed E-state index contributed by atoms with van der Waals surface area (Å²) in [5.41, 5.74) is 3.36. The Bertz CT molecular complexity index is 1140. The minimum atomic E-state index is -0.248. The minimum absolute atomic E-state index is 0.217. The van der Waals surface area contributed by atoms with Crippen LogP contribution in [0.2, 0.25) is 0 Å².